The molecule has 0 aliphatic heterocycles. The lowest BCUT2D eigenvalue weighted by atomic mass is 10.2. The van der Waals surface area contributed by atoms with Gasteiger partial charge >= 0.3 is 0 Å². The SMILES string of the molecule is N#Cc1cc(O)c(C(F)F)nc1S(N)(=O)=O. The Labute approximate surface area is 89.0 Å². The van der Waals surface area contributed by atoms with Crippen molar-refractivity contribution in [3.05, 3.63) is 17.3 Å². The zero-order valence-corrected chi connectivity index (χ0v) is 8.37. The molecule has 0 spiro atoms. The van der Waals surface area contributed by atoms with E-state index < -0.39 is 38.5 Å². The first-order valence-corrected chi connectivity index (χ1v) is 5.27. The minimum atomic E-state index is -4.40. The van der Waals surface area contributed by atoms with Gasteiger partial charge in [-0.3, -0.25) is 0 Å². The summed E-state index contributed by atoms with van der Waals surface area (Å²) in [6.45, 7) is 0. The van der Waals surface area contributed by atoms with Crippen LogP contribution in [0.2, 0.25) is 0 Å². The first-order chi connectivity index (χ1) is 7.27. The molecule has 0 saturated heterocycles. The quantitative estimate of drug-likeness (QED) is 0.778. The molecule has 16 heavy (non-hydrogen) atoms. The van der Waals surface area contributed by atoms with Gasteiger partial charge in [0.2, 0.25) is 0 Å². The number of halogens is 2. The minimum Gasteiger partial charge on any atom is -0.506 e. The van der Waals surface area contributed by atoms with E-state index in [9.17, 15) is 17.2 Å². The van der Waals surface area contributed by atoms with Gasteiger partial charge in [-0.05, 0) is 0 Å². The van der Waals surface area contributed by atoms with E-state index in [0.29, 0.717) is 6.07 Å². The Bertz CT molecular complexity index is 565. The van der Waals surface area contributed by atoms with Crippen LogP contribution in [0, 0.1) is 11.3 Å². The van der Waals surface area contributed by atoms with Gasteiger partial charge in [0.15, 0.2) is 5.03 Å². The fourth-order valence-corrected chi connectivity index (χ4v) is 1.59. The van der Waals surface area contributed by atoms with Gasteiger partial charge in [0.05, 0.1) is 5.56 Å². The molecule has 0 bridgehead atoms. The maximum atomic E-state index is 12.3. The zero-order valence-electron chi connectivity index (χ0n) is 7.55. The summed E-state index contributed by atoms with van der Waals surface area (Å²) < 4.78 is 46.5. The van der Waals surface area contributed by atoms with Crippen molar-refractivity contribution in [3.63, 3.8) is 0 Å². The molecular weight excluding hydrogens is 244 g/mol. The molecule has 0 aromatic carbocycles. The van der Waals surface area contributed by atoms with Crippen LogP contribution in [0.3, 0.4) is 0 Å². The van der Waals surface area contributed by atoms with Crippen molar-refractivity contribution in [1.29, 1.82) is 5.26 Å². The number of pyridine rings is 1. The third-order valence-electron chi connectivity index (χ3n) is 1.59. The summed E-state index contributed by atoms with van der Waals surface area (Å²) in [5.74, 6) is -0.959. The predicted molar refractivity (Wildman–Crippen MR) is 46.9 cm³/mol. The van der Waals surface area contributed by atoms with Crippen LogP contribution < -0.4 is 5.14 Å². The van der Waals surface area contributed by atoms with Gasteiger partial charge in [-0.15, -0.1) is 0 Å². The summed E-state index contributed by atoms with van der Waals surface area (Å²) in [5.41, 5.74) is -1.73. The summed E-state index contributed by atoms with van der Waals surface area (Å²) in [7, 11) is -4.40. The number of aromatic hydroxyl groups is 1. The van der Waals surface area contributed by atoms with Crippen LogP contribution in [-0.4, -0.2) is 18.5 Å². The van der Waals surface area contributed by atoms with E-state index in [2.05, 4.69) is 10.1 Å². The molecule has 0 saturated carbocycles. The lowest BCUT2D eigenvalue weighted by Crippen LogP contribution is -2.16. The van der Waals surface area contributed by atoms with Crippen molar-refractivity contribution < 1.29 is 22.3 Å². The number of hydrogen-bond acceptors (Lipinski definition) is 5. The third kappa shape index (κ3) is 2.23. The van der Waals surface area contributed by atoms with Crippen molar-refractivity contribution >= 4 is 10.0 Å². The molecule has 0 amide bonds. The second kappa shape index (κ2) is 3.99. The highest BCUT2D eigenvalue weighted by Gasteiger charge is 2.23. The number of nitriles is 1. The molecule has 9 heteroatoms. The van der Waals surface area contributed by atoms with Gasteiger partial charge in [0, 0.05) is 6.07 Å². The lowest BCUT2D eigenvalue weighted by Gasteiger charge is -2.06. The first-order valence-electron chi connectivity index (χ1n) is 3.72. The fourth-order valence-electron chi connectivity index (χ4n) is 0.957. The van der Waals surface area contributed by atoms with Gasteiger partial charge in [0.25, 0.3) is 16.4 Å². The van der Waals surface area contributed by atoms with Crippen molar-refractivity contribution in [3.8, 4) is 11.8 Å². The summed E-state index contributed by atoms with van der Waals surface area (Å²) in [6, 6.07) is 1.96. The second-order valence-electron chi connectivity index (χ2n) is 2.70. The van der Waals surface area contributed by atoms with Gasteiger partial charge in [-0.25, -0.2) is 27.3 Å². The Morgan fingerprint density at radius 2 is 2.12 bits per heavy atom. The zero-order chi connectivity index (χ0) is 12.5. The highest BCUT2D eigenvalue weighted by Crippen LogP contribution is 2.28. The Morgan fingerprint density at radius 3 is 2.50 bits per heavy atom. The highest BCUT2D eigenvalue weighted by atomic mass is 32.2. The third-order valence-corrected chi connectivity index (χ3v) is 2.44. The standard InChI is InChI=1S/C7H5F2N3O3S/c8-6(9)5-4(13)1-3(2-10)7(12-5)16(11,14)15/h1,6,13H,(H2,11,14,15). The summed E-state index contributed by atoms with van der Waals surface area (Å²) in [5, 5.41) is 21.3. The van der Waals surface area contributed by atoms with E-state index in [1.165, 1.54) is 6.07 Å². The predicted octanol–water partition coefficient (Wildman–Crippen LogP) is 0.244. The number of sulfonamides is 1. The van der Waals surface area contributed by atoms with Gasteiger partial charge in [-0.2, -0.15) is 5.26 Å². The summed E-state index contributed by atoms with van der Waals surface area (Å²) in [4.78, 5) is 2.98. The summed E-state index contributed by atoms with van der Waals surface area (Å²) >= 11 is 0. The molecular formula is C7H5F2N3O3S. The lowest BCUT2D eigenvalue weighted by molar-refractivity contribution is 0.141. The number of aromatic nitrogens is 1. The number of primary sulfonamides is 1. The molecule has 0 atom stereocenters. The molecule has 0 radical (unpaired) electrons. The average molecular weight is 249 g/mol. The van der Waals surface area contributed by atoms with Crippen LogP contribution in [0.25, 0.3) is 0 Å². The number of alkyl halides is 2. The number of hydrogen-bond donors (Lipinski definition) is 2. The van der Waals surface area contributed by atoms with Gasteiger partial charge in [0.1, 0.15) is 17.5 Å². The van der Waals surface area contributed by atoms with Crippen LogP contribution >= 0.6 is 0 Å². The topological polar surface area (TPSA) is 117 Å². The molecule has 1 heterocycles. The number of rotatable bonds is 2. The first kappa shape index (κ1) is 12.3. The van der Waals surface area contributed by atoms with Gasteiger partial charge in [-0.1, -0.05) is 0 Å². The molecule has 0 aliphatic carbocycles. The van der Waals surface area contributed by atoms with Crippen LogP contribution in [-0.2, 0) is 10.0 Å². The molecule has 6 nitrogen and oxygen atoms in total. The second-order valence-corrected chi connectivity index (χ2v) is 4.18. The molecule has 1 aromatic heterocycles. The van der Waals surface area contributed by atoms with E-state index in [-0.39, 0.29) is 0 Å². The fraction of sp³-hybridized carbons (Fsp3) is 0.143. The maximum absolute atomic E-state index is 12.3. The van der Waals surface area contributed by atoms with E-state index in [1.54, 1.807) is 0 Å². The van der Waals surface area contributed by atoms with Crippen molar-refractivity contribution in [2.45, 2.75) is 11.5 Å². The molecule has 86 valence electrons. The molecule has 0 aliphatic rings. The number of nitrogens with two attached hydrogens (primary N) is 1. The summed E-state index contributed by atoms with van der Waals surface area (Å²) in [6.07, 6.45) is -3.17. The monoisotopic (exact) mass is 249 g/mol. The Kier molecular flexibility index (Phi) is 3.06. The van der Waals surface area contributed by atoms with E-state index >= 15 is 0 Å². The van der Waals surface area contributed by atoms with Gasteiger partial charge < -0.3 is 5.11 Å². The van der Waals surface area contributed by atoms with Crippen LogP contribution in [0.5, 0.6) is 5.75 Å². The average Bonchev–Trinajstić information content (AvgIpc) is 2.14. The Morgan fingerprint density at radius 1 is 1.56 bits per heavy atom. The highest BCUT2D eigenvalue weighted by molar-refractivity contribution is 7.89. The molecule has 1 rings (SSSR count). The van der Waals surface area contributed by atoms with Crippen LogP contribution in [0.4, 0.5) is 8.78 Å². The minimum absolute atomic E-state index is 0.578. The molecule has 0 unspecified atom stereocenters. The molecule has 0 fully saturated rings. The molecule has 3 N–H and O–H groups in total. The van der Waals surface area contributed by atoms with Crippen LogP contribution in [0.1, 0.15) is 17.7 Å². The largest absolute Gasteiger partial charge is 0.506 e. The van der Waals surface area contributed by atoms with Crippen LogP contribution in [0.15, 0.2) is 11.1 Å². The normalized spacial score (nSPS) is 11.4. The Hall–Kier alpha value is -1.79. The number of nitrogens with zero attached hydrogens (tertiary/aromatic N) is 2. The van der Waals surface area contributed by atoms with Crippen molar-refractivity contribution in [2.75, 3.05) is 0 Å². The smallest absolute Gasteiger partial charge is 0.284 e. The van der Waals surface area contributed by atoms with E-state index in [0.717, 1.165) is 0 Å². The maximum Gasteiger partial charge on any atom is 0.284 e. The Balaban J connectivity index is 3.62. The van der Waals surface area contributed by atoms with E-state index in [1.807, 2.05) is 0 Å². The van der Waals surface area contributed by atoms with Crippen molar-refractivity contribution in [2.24, 2.45) is 5.14 Å². The van der Waals surface area contributed by atoms with E-state index in [4.69, 9.17) is 10.4 Å². The molecule has 1 aromatic rings. The van der Waals surface area contributed by atoms with Crippen molar-refractivity contribution in [1.82, 2.24) is 4.98 Å².